The highest BCUT2D eigenvalue weighted by Gasteiger charge is 2.20. The number of fused-ring (bicyclic) bond motifs is 1. The van der Waals surface area contributed by atoms with Crippen LogP contribution in [0.3, 0.4) is 0 Å². The van der Waals surface area contributed by atoms with E-state index in [9.17, 15) is 9.90 Å². The Morgan fingerprint density at radius 2 is 2.10 bits per heavy atom. The number of benzene rings is 1. The molecule has 114 valence electrons. The molecule has 0 spiro atoms. The Balaban J connectivity index is 2.62. The largest absolute Gasteiger partial charge is 0.478 e. The second-order valence-electron chi connectivity index (χ2n) is 5.48. The van der Waals surface area contributed by atoms with Crippen molar-refractivity contribution in [3.63, 3.8) is 0 Å². The molecule has 1 unspecified atom stereocenters. The average molecular weight is 290 g/mol. The van der Waals surface area contributed by atoms with E-state index in [-0.39, 0.29) is 17.6 Å². The van der Waals surface area contributed by atoms with Crippen LogP contribution < -0.4 is 0 Å². The van der Waals surface area contributed by atoms with Crippen molar-refractivity contribution in [2.45, 2.75) is 46.3 Å². The molecule has 0 saturated heterocycles. The number of nitrogens with zero attached hydrogens (tertiary/aromatic N) is 2. The molecule has 1 heterocycles. The lowest BCUT2D eigenvalue weighted by atomic mass is 10.1. The Kier molecular flexibility index (Phi) is 4.63. The molecule has 1 N–H and O–H groups in total. The second-order valence-corrected chi connectivity index (χ2v) is 5.48. The minimum absolute atomic E-state index is 0.00625. The molecule has 0 radical (unpaired) electrons. The number of para-hydroxylation sites is 1. The topological polar surface area (TPSA) is 64.4 Å². The van der Waals surface area contributed by atoms with Gasteiger partial charge in [0.25, 0.3) is 0 Å². The van der Waals surface area contributed by atoms with Crippen molar-refractivity contribution in [1.82, 2.24) is 9.55 Å². The normalized spacial score (nSPS) is 13.0. The molecule has 0 aliphatic heterocycles. The Morgan fingerprint density at radius 3 is 2.67 bits per heavy atom. The highest BCUT2D eigenvalue weighted by molar-refractivity contribution is 6.01. The van der Waals surface area contributed by atoms with Crippen LogP contribution in [-0.4, -0.2) is 33.3 Å². The number of imidazole rings is 1. The number of aromatic carboxylic acids is 1. The van der Waals surface area contributed by atoms with Crippen molar-refractivity contribution < 1.29 is 14.6 Å². The van der Waals surface area contributed by atoms with Gasteiger partial charge in [0, 0.05) is 12.5 Å². The van der Waals surface area contributed by atoms with Crippen LogP contribution in [0, 0.1) is 0 Å². The fourth-order valence-corrected chi connectivity index (χ4v) is 2.60. The first-order valence-electron chi connectivity index (χ1n) is 7.29. The fraction of sp³-hybridized carbons (Fsp3) is 0.500. The number of rotatable bonds is 6. The van der Waals surface area contributed by atoms with Gasteiger partial charge in [-0.2, -0.15) is 0 Å². The molecule has 0 fully saturated rings. The Morgan fingerprint density at radius 1 is 1.38 bits per heavy atom. The van der Waals surface area contributed by atoms with Gasteiger partial charge < -0.3 is 14.4 Å². The summed E-state index contributed by atoms with van der Waals surface area (Å²) in [5.41, 5.74) is 1.69. The van der Waals surface area contributed by atoms with E-state index in [1.54, 1.807) is 12.1 Å². The summed E-state index contributed by atoms with van der Waals surface area (Å²) >= 11 is 0. The van der Waals surface area contributed by atoms with Gasteiger partial charge in [-0.3, -0.25) is 0 Å². The number of carbonyl (C=O) groups is 1. The van der Waals surface area contributed by atoms with Crippen molar-refractivity contribution in [2.24, 2.45) is 0 Å². The van der Waals surface area contributed by atoms with Gasteiger partial charge in [-0.25, -0.2) is 9.78 Å². The zero-order valence-corrected chi connectivity index (χ0v) is 13.0. The lowest BCUT2D eigenvalue weighted by Crippen LogP contribution is -2.19. The van der Waals surface area contributed by atoms with Gasteiger partial charge in [0.05, 0.1) is 29.2 Å². The number of carboxylic acid groups (broad SMARTS) is 1. The Labute approximate surface area is 124 Å². The SMILES string of the molecule is CCOC(C)Cn1c(C(C)C)nc2cccc(C(=O)O)c21. The van der Waals surface area contributed by atoms with Crippen molar-refractivity contribution in [1.29, 1.82) is 0 Å². The van der Waals surface area contributed by atoms with Gasteiger partial charge in [-0.15, -0.1) is 0 Å². The van der Waals surface area contributed by atoms with Crippen molar-refractivity contribution in [3.8, 4) is 0 Å². The molecule has 0 saturated carbocycles. The molecule has 1 atom stereocenters. The Hall–Kier alpha value is -1.88. The molecular formula is C16H22N2O3. The van der Waals surface area contributed by atoms with Gasteiger partial charge >= 0.3 is 5.97 Å². The summed E-state index contributed by atoms with van der Waals surface area (Å²) in [5, 5.41) is 9.42. The smallest absolute Gasteiger partial charge is 0.337 e. The van der Waals surface area contributed by atoms with E-state index in [1.807, 2.05) is 24.5 Å². The van der Waals surface area contributed by atoms with Crippen LogP contribution in [-0.2, 0) is 11.3 Å². The van der Waals surface area contributed by atoms with E-state index in [0.717, 1.165) is 11.3 Å². The predicted octanol–water partition coefficient (Wildman–Crippen LogP) is 3.28. The zero-order chi connectivity index (χ0) is 15.6. The third-order valence-corrected chi connectivity index (χ3v) is 3.43. The summed E-state index contributed by atoms with van der Waals surface area (Å²) in [6.45, 7) is 9.29. The van der Waals surface area contributed by atoms with Crippen LogP contribution >= 0.6 is 0 Å². The molecule has 0 bridgehead atoms. The Bertz CT molecular complexity index is 646. The minimum atomic E-state index is -0.930. The first kappa shape index (κ1) is 15.5. The van der Waals surface area contributed by atoms with Crippen LogP contribution in [0.15, 0.2) is 18.2 Å². The molecule has 1 aromatic heterocycles. The number of ether oxygens (including phenoxy) is 1. The maximum absolute atomic E-state index is 11.5. The summed E-state index contributed by atoms with van der Waals surface area (Å²) in [7, 11) is 0. The van der Waals surface area contributed by atoms with E-state index in [1.165, 1.54) is 0 Å². The van der Waals surface area contributed by atoms with Crippen LogP contribution in [0.5, 0.6) is 0 Å². The summed E-state index contributed by atoms with van der Waals surface area (Å²) in [4.78, 5) is 16.1. The zero-order valence-electron chi connectivity index (χ0n) is 13.0. The van der Waals surface area contributed by atoms with Gasteiger partial charge in [0.2, 0.25) is 0 Å². The van der Waals surface area contributed by atoms with Crippen molar-refractivity contribution in [3.05, 3.63) is 29.6 Å². The maximum Gasteiger partial charge on any atom is 0.337 e. The quantitative estimate of drug-likeness (QED) is 0.886. The number of hydrogen-bond donors (Lipinski definition) is 1. The van der Waals surface area contributed by atoms with E-state index in [4.69, 9.17) is 4.74 Å². The molecule has 21 heavy (non-hydrogen) atoms. The number of carboxylic acids is 1. The molecule has 2 aromatic rings. The first-order chi connectivity index (χ1) is 9.95. The van der Waals surface area contributed by atoms with Crippen molar-refractivity contribution >= 4 is 17.0 Å². The lowest BCUT2D eigenvalue weighted by molar-refractivity contribution is 0.0635. The summed E-state index contributed by atoms with van der Waals surface area (Å²) in [6.07, 6.45) is 0.00625. The fourth-order valence-electron chi connectivity index (χ4n) is 2.60. The lowest BCUT2D eigenvalue weighted by Gasteiger charge is -2.17. The summed E-state index contributed by atoms with van der Waals surface area (Å²) in [6, 6.07) is 5.22. The van der Waals surface area contributed by atoms with E-state index in [2.05, 4.69) is 18.8 Å². The molecular weight excluding hydrogens is 268 g/mol. The molecule has 0 aliphatic carbocycles. The van der Waals surface area contributed by atoms with E-state index in [0.29, 0.717) is 18.7 Å². The van der Waals surface area contributed by atoms with E-state index < -0.39 is 5.97 Å². The summed E-state index contributed by atoms with van der Waals surface area (Å²) < 4.78 is 7.59. The van der Waals surface area contributed by atoms with Crippen LogP contribution in [0.1, 0.15) is 49.8 Å². The highest BCUT2D eigenvalue weighted by atomic mass is 16.5. The van der Waals surface area contributed by atoms with Crippen molar-refractivity contribution in [2.75, 3.05) is 6.61 Å². The van der Waals surface area contributed by atoms with Gasteiger partial charge in [0.1, 0.15) is 5.82 Å². The molecule has 0 aliphatic rings. The molecule has 5 heteroatoms. The van der Waals surface area contributed by atoms with Crippen LogP contribution in [0.25, 0.3) is 11.0 Å². The van der Waals surface area contributed by atoms with Gasteiger partial charge in [0.15, 0.2) is 0 Å². The number of hydrogen-bond acceptors (Lipinski definition) is 3. The molecule has 5 nitrogen and oxygen atoms in total. The molecule has 0 amide bonds. The van der Waals surface area contributed by atoms with Crippen LogP contribution in [0.2, 0.25) is 0 Å². The summed E-state index contributed by atoms with van der Waals surface area (Å²) in [5.74, 6) is 0.180. The van der Waals surface area contributed by atoms with Gasteiger partial charge in [-0.05, 0) is 26.0 Å². The highest BCUT2D eigenvalue weighted by Crippen LogP contribution is 2.25. The third-order valence-electron chi connectivity index (χ3n) is 3.43. The second kappa shape index (κ2) is 6.26. The van der Waals surface area contributed by atoms with E-state index >= 15 is 0 Å². The molecule has 2 rings (SSSR count). The number of aromatic nitrogens is 2. The maximum atomic E-state index is 11.5. The molecule has 1 aromatic carbocycles. The standard InChI is InChI=1S/C16H22N2O3/c1-5-21-11(4)9-18-14-12(16(19)20)7-6-8-13(14)17-15(18)10(2)3/h6-8,10-11H,5,9H2,1-4H3,(H,19,20). The average Bonchev–Trinajstić information content (AvgIpc) is 2.78. The first-order valence-corrected chi connectivity index (χ1v) is 7.29. The predicted molar refractivity (Wildman–Crippen MR) is 81.9 cm³/mol. The van der Waals surface area contributed by atoms with Gasteiger partial charge in [-0.1, -0.05) is 19.9 Å². The monoisotopic (exact) mass is 290 g/mol. The third kappa shape index (κ3) is 3.08. The van der Waals surface area contributed by atoms with Crippen LogP contribution in [0.4, 0.5) is 0 Å². The minimum Gasteiger partial charge on any atom is -0.478 e.